The smallest absolute Gasteiger partial charge is 0.426 e. The summed E-state index contributed by atoms with van der Waals surface area (Å²) in [6.45, 7) is 3.29. The molecule has 1 aliphatic carbocycles. The van der Waals surface area contributed by atoms with Crippen molar-refractivity contribution in [3.05, 3.63) is 65.3 Å². The van der Waals surface area contributed by atoms with Crippen molar-refractivity contribution >= 4 is 17.6 Å². The molecule has 1 aliphatic rings. The van der Waals surface area contributed by atoms with E-state index in [1.165, 1.54) is 0 Å². The fraction of sp³-hybridized carbons (Fsp3) is 0.364. The van der Waals surface area contributed by atoms with Gasteiger partial charge in [-0.25, -0.2) is 4.98 Å². The molecule has 0 bridgehead atoms. The number of allylic oxidation sites excluding steroid dienone is 2. The quantitative estimate of drug-likeness (QED) is 0.556. The maximum absolute atomic E-state index is 12.8. The monoisotopic (exact) mass is 439 g/mol. The summed E-state index contributed by atoms with van der Waals surface area (Å²) in [6.07, 6.45) is -3.47. The molecule has 0 saturated heterocycles. The van der Waals surface area contributed by atoms with E-state index in [4.69, 9.17) is 16.3 Å². The number of alkyl halides is 3. The molecule has 0 radical (unpaired) electrons. The third kappa shape index (κ3) is 4.17. The minimum absolute atomic E-state index is 0.125. The number of para-hydroxylation sites is 1. The number of halogens is 4. The number of rotatable bonds is 7. The van der Waals surface area contributed by atoms with Crippen molar-refractivity contribution in [3.8, 4) is 11.6 Å². The summed E-state index contributed by atoms with van der Waals surface area (Å²) in [5.74, 6) is -1.01. The Morgan fingerprint density at radius 2 is 1.87 bits per heavy atom. The van der Waals surface area contributed by atoms with Crippen molar-refractivity contribution in [3.63, 3.8) is 0 Å². The number of carboxylic acids is 1. The molecule has 2 atom stereocenters. The van der Waals surface area contributed by atoms with E-state index in [1.54, 1.807) is 44.2 Å². The lowest BCUT2D eigenvalue weighted by Crippen LogP contribution is -2.22. The van der Waals surface area contributed by atoms with Crippen molar-refractivity contribution in [1.82, 2.24) is 4.98 Å². The maximum Gasteiger partial charge on any atom is 0.426 e. The lowest BCUT2D eigenvalue weighted by Gasteiger charge is -2.15. The van der Waals surface area contributed by atoms with Gasteiger partial charge in [0.05, 0.1) is 5.41 Å². The summed E-state index contributed by atoms with van der Waals surface area (Å²) in [6, 6.07) is 14.2. The third-order valence-electron chi connectivity index (χ3n) is 5.86. The first-order valence-electron chi connectivity index (χ1n) is 9.35. The van der Waals surface area contributed by atoms with E-state index >= 15 is 0 Å². The fourth-order valence-corrected chi connectivity index (χ4v) is 4.19. The van der Waals surface area contributed by atoms with Crippen molar-refractivity contribution in [1.29, 1.82) is 0 Å². The van der Waals surface area contributed by atoms with Crippen LogP contribution in [0.1, 0.15) is 26.0 Å². The summed E-state index contributed by atoms with van der Waals surface area (Å²) in [5.41, 5.74) is -1.63. The Kier molecular flexibility index (Phi) is 5.87. The molecular formula is C22H21ClF3NO3. The molecule has 2 aromatic rings. The number of hydrogen-bond donors (Lipinski definition) is 1. The number of nitrogens with zero attached hydrogens (tertiary/aromatic N) is 1. The summed E-state index contributed by atoms with van der Waals surface area (Å²) in [5, 5.41) is 8.56. The number of benzene rings is 1. The minimum Gasteiger partial charge on any atom is -0.481 e. The Hall–Kier alpha value is -2.54. The van der Waals surface area contributed by atoms with Gasteiger partial charge in [-0.15, -0.1) is 0 Å². The molecule has 4 nitrogen and oxygen atoms in total. The molecule has 8 heteroatoms. The lowest BCUT2D eigenvalue weighted by atomic mass is 9.90. The van der Waals surface area contributed by atoms with E-state index in [1.807, 2.05) is 18.2 Å². The Bertz CT molecular complexity index is 960. The van der Waals surface area contributed by atoms with Gasteiger partial charge < -0.3 is 9.84 Å². The first kappa shape index (κ1) is 22.2. The van der Waals surface area contributed by atoms with Gasteiger partial charge in [-0.1, -0.05) is 55.8 Å². The number of ether oxygens (including phenoxy) is 1. The first-order valence-corrected chi connectivity index (χ1v) is 9.73. The van der Waals surface area contributed by atoms with Crippen LogP contribution >= 0.6 is 11.6 Å². The predicted molar refractivity (Wildman–Crippen MR) is 106 cm³/mol. The summed E-state index contributed by atoms with van der Waals surface area (Å²) in [7, 11) is 0. The second-order valence-electron chi connectivity index (χ2n) is 7.87. The highest BCUT2D eigenvalue weighted by atomic mass is 35.5. The van der Waals surface area contributed by atoms with E-state index in [0.29, 0.717) is 17.3 Å². The van der Waals surface area contributed by atoms with Gasteiger partial charge in [0.15, 0.2) is 0 Å². The zero-order valence-electron chi connectivity index (χ0n) is 16.4. The molecule has 0 aliphatic heterocycles. The molecule has 30 heavy (non-hydrogen) atoms. The Labute approximate surface area is 177 Å². The lowest BCUT2D eigenvalue weighted by molar-refractivity contribution is -0.145. The zero-order chi connectivity index (χ0) is 22.2. The number of aromatic nitrogens is 1. The van der Waals surface area contributed by atoms with Crippen molar-refractivity contribution < 1.29 is 27.8 Å². The Morgan fingerprint density at radius 1 is 1.20 bits per heavy atom. The predicted octanol–water partition coefficient (Wildman–Crippen LogP) is 6.22. The normalized spacial score (nSPS) is 23.1. The van der Waals surface area contributed by atoms with E-state index in [0.717, 1.165) is 6.08 Å². The van der Waals surface area contributed by atoms with Crippen LogP contribution < -0.4 is 4.74 Å². The first-order chi connectivity index (χ1) is 14.0. The summed E-state index contributed by atoms with van der Waals surface area (Å²) < 4.78 is 44.2. The van der Waals surface area contributed by atoms with Gasteiger partial charge in [0.1, 0.15) is 10.8 Å². The van der Waals surface area contributed by atoms with Gasteiger partial charge in [0, 0.05) is 17.7 Å². The van der Waals surface area contributed by atoms with Gasteiger partial charge in [0.2, 0.25) is 5.88 Å². The Morgan fingerprint density at radius 3 is 2.47 bits per heavy atom. The fourth-order valence-electron chi connectivity index (χ4n) is 4.07. The van der Waals surface area contributed by atoms with Crippen molar-refractivity contribution in [2.45, 2.75) is 32.9 Å². The highest BCUT2D eigenvalue weighted by Crippen LogP contribution is 2.72. The Balaban J connectivity index is 1.77. The third-order valence-corrected chi connectivity index (χ3v) is 6.20. The highest BCUT2D eigenvalue weighted by Gasteiger charge is 2.74. The van der Waals surface area contributed by atoms with E-state index in [-0.39, 0.29) is 12.8 Å². The molecular weight excluding hydrogens is 419 g/mol. The molecule has 3 rings (SSSR count). The largest absolute Gasteiger partial charge is 0.481 e. The number of carboxylic acid groups (broad SMARTS) is 1. The summed E-state index contributed by atoms with van der Waals surface area (Å²) in [4.78, 5) is 16.5. The van der Waals surface area contributed by atoms with E-state index in [9.17, 15) is 23.1 Å². The van der Waals surface area contributed by atoms with Gasteiger partial charge >= 0.3 is 12.1 Å². The number of aliphatic carboxylic acids is 1. The second-order valence-corrected chi connectivity index (χ2v) is 8.28. The molecule has 1 fully saturated rings. The molecule has 1 saturated carbocycles. The molecule has 0 spiro atoms. The van der Waals surface area contributed by atoms with Crippen LogP contribution in [0.3, 0.4) is 0 Å². The average molecular weight is 440 g/mol. The number of hydrogen-bond acceptors (Lipinski definition) is 3. The van der Waals surface area contributed by atoms with E-state index < -0.39 is 33.9 Å². The van der Waals surface area contributed by atoms with Crippen LogP contribution in [0, 0.1) is 16.7 Å². The molecule has 0 amide bonds. The maximum atomic E-state index is 12.8. The van der Waals surface area contributed by atoms with Crippen molar-refractivity contribution in [2.24, 2.45) is 16.7 Å². The van der Waals surface area contributed by atoms with E-state index in [2.05, 4.69) is 4.98 Å². The average Bonchev–Trinajstić information content (AvgIpc) is 3.15. The SMILES string of the molecule is CC1(C)[C@@H](C=C(Cl)C(F)(F)F)[C@@]1(CCc1cccc(Oc2ccccc2)n1)C(=O)O. The molecule has 1 aromatic heterocycles. The number of aryl methyl sites for hydroxylation is 1. The summed E-state index contributed by atoms with van der Waals surface area (Å²) >= 11 is 5.38. The van der Waals surface area contributed by atoms with Crippen LogP contribution in [-0.4, -0.2) is 22.2 Å². The molecule has 160 valence electrons. The molecule has 1 heterocycles. The molecule has 1 aromatic carbocycles. The van der Waals surface area contributed by atoms with Gasteiger partial charge in [-0.2, -0.15) is 13.2 Å². The van der Waals surface area contributed by atoms with Crippen LogP contribution in [0.15, 0.2) is 59.6 Å². The van der Waals surface area contributed by atoms with Crippen LogP contribution in [-0.2, 0) is 11.2 Å². The molecule has 1 N–H and O–H groups in total. The van der Waals surface area contributed by atoms with Gasteiger partial charge in [-0.3, -0.25) is 4.79 Å². The second kappa shape index (κ2) is 7.95. The van der Waals surface area contributed by atoms with Crippen LogP contribution in [0.2, 0.25) is 0 Å². The van der Waals surface area contributed by atoms with Crippen LogP contribution in [0.4, 0.5) is 13.2 Å². The topological polar surface area (TPSA) is 59.4 Å². The minimum atomic E-state index is -4.70. The zero-order valence-corrected chi connectivity index (χ0v) is 17.2. The van der Waals surface area contributed by atoms with Gasteiger partial charge in [-0.05, 0) is 36.5 Å². The van der Waals surface area contributed by atoms with Crippen LogP contribution in [0.5, 0.6) is 11.6 Å². The molecule has 0 unspecified atom stereocenters. The number of pyridine rings is 1. The van der Waals surface area contributed by atoms with Gasteiger partial charge in [0.25, 0.3) is 0 Å². The standard InChI is InChI=1S/C22H21ClF3NO3/c1-20(2)16(13-17(23)22(24,25)26)21(20,19(28)29)12-11-14-7-6-10-18(27-14)30-15-8-4-3-5-9-15/h3-10,13,16H,11-12H2,1-2H3,(H,28,29)/t16-,21+/m1/s1. The van der Waals surface area contributed by atoms with Crippen molar-refractivity contribution in [2.75, 3.05) is 0 Å². The number of carbonyl (C=O) groups is 1. The highest BCUT2D eigenvalue weighted by molar-refractivity contribution is 6.30. The van der Waals surface area contributed by atoms with Crippen LogP contribution in [0.25, 0.3) is 0 Å².